The summed E-state index contributed by atoms with van der Waals surface area (Å²) in [4.78, 5) is 7.72. The SMILES string of the molecule is O=C(O)/C=C/c1cc(F)cc(S(F)(F)(F)(F)F)c1. The van der Waals surface area contributed by atoms with Gasteiger partial charge in [0.2, 0.25) is 0 Å². The molecule has 1 rings (SSSR count). The molecule has 1 aromatic rings. The van der Waals surface area contributed by atoms with Crippen LogP contribution < -0.4 is 0 Å². The Bertz CT molecular complexity index is 533. The summed E-state index contributed by atoms with van der Waals surface area (Å²) in [5, 5.41) is 8.23. The molecule has 0 unspecified atom stereocenters. The second-order valence-electron chi connectivity index (χ2n) is 3.36. The normalized spacial score (nSPS) is 16.3. The summed E-state index contributed by atoms with van der Waals surface area (Å²) >= 11 is 0. The van der Waals surface area contributed by atoms with E-state index >= 15 is 0 Å². The smallest absolute Gasteiger partial charge is 0.328 e. The molecule has 0 aliphatic heterocycles. The van der Waals surface area contributed by atoms with Crippen LogP contribution in [-0.2, 0) is 4.79 Å². The molecule has 0 aromatic heterocycles. The van der Waals surface area contributed by atoms with Gasteiger partial charge in [-0.05, 0) is 29.8 Å². The van der Waals surface area contributed by atoms with Crippen molar-refractivity contribution in [2.75, 3.05) is 0 Å². The second kappa shape index (κ2) is 3.44. The van der Waals surface area contributed by atoms with Crippen molar-refractivity contribution in [2.24, 2.45) is 0 Å². The van der Waals surface area contributed by atoms with Crippen molar-refractivity contribution < 1.29 is 33.7 Å². The third-order valence-electron chi connectivity index (χ3n) is 1.76. The number of hydrogen-bond donors (Lipinski definition) is 1. The van der Waals surface area contributed by atoms with Gasteiger partial charge in [-0.2, -0.15) is 0 Å². The minimum atomic E-state index is -9.98. The van der Waals surface area contributed by atoms with Crippen molar-refractivity contribution in [1.29, 1.82) is 0 Å². The van der Waals surface area contributed by atoms with Gasteiger partial charge in [0.25, 0.3) is 0 Å². The number of halogens is 6. The Morgan fingerprint density at radius 1 is 1.11 bits per heavy atom. The molecule has 1 aromatic carbocycles. The van der Waals surface area contributed by atoms with E-state index in [2.05, 4.69) is 0 Å². The van der Waals surface area contributed by atoms with Crippen LogP contribution >= 0.6 is 10.2 Å². The van der Waals surface area contributed by atoms with E-state index in [0.29, 0.717) is 18.2 Å². The zero-order valence-electron chi connectivity index (χ0n) is 8.42. The summed E-state index contributed by atoms with van der Waals surface area (Å²) in [5.74, 6) is -3.04. The van der Waals surface area contributed by atoms with Crippen LogP contribution in [0.5, 0.6) is 0 Å². The number of aliphatic carboxylic acids is 1. The van der Waals surface area contributed by atoms with Crippen molar-refractivity contribution in [3.63, 3.8) is 0 Å². The van der Waals surface area contributed by atoms with E-state index in [-0.39, 0.29) is 12.1 Å². The molecule has 0 atom stereocenters. The van der Waals surface area contributed by atoms with Gasteiger partial charge in [0.1, 0.15) is 10.7 Å². The van der Waals surface area contributed by atoms with Crippen molar-refractivity contribution >= 4 is 22.3 Å². The Labute approximate surface area is 97.3 Å². The molecule has 0 bridgehead atoms. The Kier molecular flexibility index (Phi) is 2.75. The van der Waals surface area contributed by atoms with Crippen LogP contribution in [0.2, 0.25) is 0 Å². The van der Waals surface area contributed by atoms with Crippen molar-refractivity contribution in [1.82, 2.24) is 0 Å². The molecule has 0 saturated heterocycles. The lowest BCUT2D eigenvalue weighted by Crippen LogP contribution is -2.06. The lowest BCUT2D eigenvalue weighted by molar-refractivity contribution is -0.131. The molecule has 18 heavy (non-hydrogen) atoms. The topological polar surface area (TPSA) is 37.3 Å². The van der Waals surface area contributed by atoms with E-state index in [4.69, 9.17) is 5.11 Å². The molecule has 0 heterocycles. The fraction of sp³-hybridized carbons (Fsp3) is 0. The average molecular weight is 292 g/mol. The largest absolute Gasteiger partial charge is 0.478 e. The van der Waals surface area contributed by atoms with Gasteiger partial charge in [-0.25, -0.2) is 9.18 Å². The molecule has 102 valence electrons. The molecular weight excluding hydrogens is 286 g/mol. The molecule has 0 aliphatic rings. The number of carboxylic acids is 1. The standard InChI is InChI=1S/C9H6F6O2S/c10-7-3-6(1-2-9(16)17)4-8(5-7)18(11,12,13,14)15/h1-5H,(H,16,17)/b2-1+. The summed E-state index contributed by atoms with van der Waals surface area (Å²) in [7, 11) is -9.98. The third kappa shape index (κ3) is 3.99. The van der Waals surface area contributed by atoms with Gasteiger partial charge in [-0.3, -0.25) is 0 Å². The van der Waals surface area contributed by atoms with Gasteiger partial charge in [0.15, 0.2) is 0 Å². The van der Waals surface area contributed by atoms with Crippen LogP contribution in [0.3, 0.4) is 0 Å². The highest BCUT2D eigenvalue weighted by Crippen LogP contribution is 3.02. The number of carbonyl (C=O) groups is 1. The molecule has 0 fully saturated rings. The molecule has 1 N–H and O–H groups in total. The zero-order valence-corrected chi connectivity index (χ0v) is 9.23. The highest BCUT2D eigenvalue weighted by Gasteiger charge is 2.65. The molecule has 0 radical (unpaired) electrons. The third-order valence-corrected chi connectivity index (χ3v) is 2.88. The first-order chi connectivity index (χ1) is 7.77. The summed E-state index contributed by atoms with van der Waals surface area (Å²) in [5.41, 5.74) is -0.624. The molecule has 0 amide bonds. The molecule has 9 heteroatoms. The van der Waals surface area contributed by atoms with Crippen LogP contribution in [0, 0.1) is 5.82 Å². The predicted molar refractivity (Wildman–Crippen MR) is 54.5 cm³/mol. The maximum atomic E-state index is 12.8. The molecular formula is C9H6F6O2S. The van der Waals surface area contributed by atoms with E-state index in [1.54, 1.807) is 0 Å². The quantitative estimate of drug-likeness (QED) is 0.654. The molecule has 0 spiro atoms. The Morgan fingerprint density at radius 2 is 1.67 bits per heavy atom. The highest BCUT2D eigenvalue weighted by molar-refractivity contribution is 8.45. The van der Waals surface area contributed by atoms with Crippen LogP contribution in [0.1, 0.15) is 5.56 Å². The first-order valence-corrected chi connectivity index (χ1v) is 6.19. The van der Waals surface area contributed by atoms with Crippen LogP contribution in [0.25, 0.3) is 6.08 Å². The van der Waals surface area contributed by atoms with E-state index in [9.17, 15) is 28.6 Å². The Morgan fingerprint density at radius 3 is 2.11 bits per heavy atom. The fourth-order valence-electron chi connectivity index (χ4n) is 1.07. The predicted octanol–water partition coefficient (Wildman–Crippen LogP) is 4.58. The summed E-state index contributed by atoms with van der Waals surface area (Å²) in [6, 6.07) is 0.163. The first kappa shape index (κ1) is 14.4. The van der Waals surface area contributed by atoms with E-state index < -0.39 is 32.5 Å². The summed E-state index contributed by atoms with van der Waals surface area (Å²) < 4.78 is 74.8. The number of benzene rings is 1. The lowest BCUT2D eigenvalue weighted by Gasteiger charge is -2.40. The molecule has 0 saturated carbocycles. The summed E-state index contributed by atoms with van der Waals surface area (Å²) in [6.45, 7) is 0. The second-order valence-corrected chi connectivity index (χ2v) is 5.77. The van der Waals surface area contributed by atoms with E-state index in [0.717, 1.165) is 0 Å². The minimum Gasteiger partial charge on any atom is -0.478 e. The monoisotopic (exact) mass is 292 g/mol. The summed E-state index contributed by atoms with van der Waals surface area (Å²) in [6.07, 6.45) is 0.988. The van der Waals surface area contributed by atoms with Gasteiger partial charge >= 0.3 is 16.2 Å². The average Bonchev–Trinajstić information content (AvgIpc) is 2.10. The first-order valence-electron chi connectivity index (χ1n) is 4.24. The Balaban J connectivity index is 3.40. The number of hydrogen-bond acceptors (Lipinski definition) is 1. The highest BCUT2D eigenvalue weighted by atomic mass is 32.5. The maximum absolute atomic E-state index is 12.8. The molecule has 2 nitrogen and oxygen atoms in total. The van der Waals surface area contributed by atoms with Crippen molar-refractivity contribution in [3.8, 4) is 0 Å². The van der Waals surface area contributed by atoms with Crippen LogP contribution in [0.4, 0.5) is 23.8 Å². The maximum Gasteiger partial charge on any atom is 0.328 e. The number of rotatable bonds is 3. The lowest BCUT2D eigenvalue weighted by atomic mass is 10.2. The fourth-order valence-corrected chi connectivity index (χ4v) is 1.76. The Hall–Kier alpha value is -1.64. The zero-order chi connectivity index (χ0) is 14.3. The van der Waals surface area contributed by atoms with Crippen LogP contribution in [-0.4, -0.2) is 11.1 Å². The van der Waals surface area contributed by atoms with Gasteiger partial charge in [0, 0.05) is 6.08 Å². The van der Waals surface area contributed by atoms with Gasteiger partial charge in [-0.15, -0.1) is 0 Å². The van der Waals surface area contributed by atoms with E-state index in [1.165, 1.54) is 0 Å². The van der Waals surface area contributed by atoms with Crippen molar-refractivity contribution in [2.45, 2.75) is 4.90 Å². The van der Waals surface area contributed by atoms with E-state index in [1.807, 2.05) is 0 Å². The number of carboxylic acid groups (broad SMARTS) is 1. The van der Waals surface area contributed by atoms with Crippen molar-refractivity contribution in [3.05, 3.63) is 35.7 Å². The van der Waals surface area contributed by atoms with Gasteiger partial charge in [-0.1, -0.05) is 19.4 Å². The minimum absolute atomic E-state index is 0.00985. The van der Waals surface area contributed by atoms with Gasteiger partial charge < -0.3 is 5.11 Å². The molecule has 0 aliphatic carbocycles. The van der Waals surface area contributed by atoms with Crippen LogP contribution in [0.15, 0.2) is 29.2 Å². The van der Waals surface area contributed by atoms with Gasteiger partial charge in [0.05, 0.1) is 0 Å².